The topological polar surface area (TPSA) is 122 Å². The molecule has 1 saturated carbocycles. The Hall–Kier alpha value is -4.85. The monoisotopic (exact) mass is 876 g/mol. The fourth-order valence-corrected chi connectivity index (χ4v) is 9.74. The molecule has 6 rings (SSSR count). The number of amides is 2. The second-order valence-electron chi connectivity index (χ2n) is 16.3. The highest BCUT2D eigenvalue weighted by atomic mass is 32.1. The molecule has 61 heavy (non-hydrogen) atoms. The van der Waals surface area contributed by atoms with E-state index < -0.39 is 62.6 Å². The van der Waals surface area contributed by atoms with Crippen LogP contribution in [0.25, 0.3) is 0 Å². The summed E-state index contributed by atoms with van der Waals surface area (Å²) in [4.78, 5) is 47.5. The number of likely N-dealkylation sites (tertiary alicyclic amines) is 2. The van der Waals surface area contributed by atoms with Crippen molar-refractivity contribution in [2.75, 3.05) is 26.2 Å². The van der Waals surface area contributed by atoms with Crippen LogP contribution in [0.1, 0.15) is 118 Å². The summed E-state index contributed by atoms with van der Waals surface area (Å²) < 4.78 is 102. The van der Waals surface area contributed by atoms with Crippen LogP contribution in [0.2, 0.25) is 0 Å². The summed E-state index contributed by atoms with van der Waals surface area (Å²) in [5.41, 5.74) is -4.92. The van der Waals surface area contributed by atoms with Gasteiger partial charge in [-0.3, -0.25) is 19.4 Å². The third-order valence-corrected chi connectivity index (χ3v) is 13.4. The number of thiophene rings is 1. The Balaban J connectivity index is 1.28. The van der Waals surface area contributed by atoms with E-state index in [1.807, 2.05) is 13.0 Å². The largest absolute Gasteiger partial charge is 0.490 e. The molecule has 4 heterocycles. The molecular weight excluding hydrogens is 827 g/mol. The van der Waals surface area contributed by atoms with Gasteiger partial charge in [-0.1, -0.05) is 38.0 Å². The van der Waals surface area contributed by atoms with E-state index in [1.165, 1.54) is 9.80 Å². The maximum absolute atomic E-state index is 15.1. The van der Waals surface area contributed by atoms with Gasteiger partial charge in [0.2, 0.25) is 5.60 Å². The molecule has 0 bridgehead atoms. The van der Waals surface area contributed by atoms with Crippen LogP contribution in [0, 0.1) is 16.7 Å². The Morgan fingerprint density at radius 3 is 2.31 bits per heavy atom. The number of carbonyl (C=O) groups is 3. The van der Waals surface area contributed by atoms with Crippen LogP contribution in [-0.4, -0.2) is 76.6 Å². The van der Waals surface area contributed by atoms with Crippen molar-refractivity contribution in [3.63, 3.8) is 0 Å². The van der Waals surface area contributed by atoms with E-state index in [1.54, 1.807) is 32.0 Å². The highest BCUT2D eigenvalue weighted by Crippen LogP contribution is 2.48. The lowest BCUT2D eigenvalue weighted by atomic mass is 9.66. The van der Waals surface area contributed by atoms with Gasteiger partial charge in [0.15, 0.2) is 0 Å². The molecule has 0 radical (unpaired) electrons. The molecule has 3 atom stereocenters. The molecule has 2 aromatic heterocycles. The van der Waals surface area contributed by atoms with Gasteiger partial charge in [0, 0.05) is 55.5 Å². The minimum atomic E-state index is -4.90. The molecule has 330 valence electrons. The van der Waals surface area contributed by atoms with Crippen LogP contribution >= 0.6 is 11.3 Å². The van der Waals surface area contributed by atoms with E-state index >= 15 is 4.79 Å². The minimum absolute atomic E-state index is 0.0223. The lowest BCUT2D eigenvalue weighted by Crippen LogP contribution is -2.68. The highest BCUT2D eigenvalue weighted by molar-refractivity contribution is 7.10. The number of carbonyl (C=O) groups excluding carboxylic acids is 3. The third kappa shape index (κ3) is 9.34. The molecule has 10 nitrogen and oxygen atoms in total. The van der Waals surface area contributed by atoms with Crippen molar-refractivity contribution in [2.24, 2.45) is 5.41 Å². The van der Waals surface area contributed by atoms with Gasteiger partial charge in [-0.25, -0.2) is 0 Å². The van der Waals surface area contributed by atoms with Crippen LogP contribution in [0.4, 0.5) is 26.3 Å². The van der Waals surface area contributed by atoms with Crippen LogP contribution in [-0.2, 0) is 32.1 Å². The van der Waals surface area contributed by atoms with Crippen LogP contribution < -0.4 is 9.47 Å². The van der Waals surface area contributed by atoms with Crippen molar-refractivity contribution in [2.45, 2.75) is 127 Å². The molecule has 2 saturated heterocycles. The number of esters is 1. The maximum atomic E-state index is 15.1. The van der Waals surface area contributed by atoms with Crippen molar-refractivity contribution in [1.29, 1.82) is 5.26 Å². The molecular formula is C44H50F6N4O6S. The maximum Gasteiger partial charge on any atom is 0.425 e. The molecule has 3 aliphatic rings. The molecule has 1 unspecified atom stereocenters. The summed E-state index contributed by atoms with van der Waals surface area (Å²) in [6, 6.07) is 9.95. The number of hydrogen-bond acceptors (Lipinski definition) is 9. The van der Waals surface area contributed by atoms with Gasteiger partial charge in [-0.15, -0.1) is 11.3 Å². The van der Waals surface area contributed by atoms with Gasteiger partial charge in [-0.2, -0.15) is 31.6 Å². The standard InChI is InChI=1S/C44H50F6N4O6S/c1-4-10-35-42(60-30-25-36(61-27-30)44(48,49)50,17-9-22-54(35)37(55)31-26-52-21-14-32(31)43(45,46)47)38(56)53-23-19-41(28-51,20-24-53)33-11-6-7-12-34(33)59-29(3)13-18-40(15-8-16-40)39(57)58-5-2/h6-7,11-12,14,21,25-27,29,35H,4-5,8-10,13,15-20,22-24H2,1-3H3/t29?,35-,42-/m1/s1. The van der Waals surface area contributed by atoms with E-state index in [-0.39, 0.29) is 69.6 Å². The first-order chi connectivity index (χ1) is 28.9. The first-order valence-corrected chi connectivity index (χ1v) is 21.6. The molecule has 1 aliphatic carbocycles. The third-order valence-electron chi connectivity index (χ3n) is 12.5. The van der Waals surface area contributed by atoms with E-state index in [4.69, 9.17) is 14.2 Å². The quantitative estimate of drug-likeness (QED) is 0.116. The smallest absolute Gasteiger partial charge is 0.425 e. The number of nitrogens with zero attached hydrogens (tertiary/aromatic N) is 4. The molecule has 3 fully saturated rings. The van der Waals surface area contributed by atoms with E-state index in [0.29, 0.717) is 54.6 Å². The number of halogens is 6. The summed E-state index contributed by atoms with van der Waals surface area (Å²) in [6.07, 6.45) is -3.77. The number of aromatic nitrogens is 1. The fraction of sp³-hybridized carbons (Fsp3) is 0.568. The highest BCUT2D eigenvalue weighted by Gasteiger charge is 2.57. The summed E-state index contributed by atoms with van der Waals surface area (Å²) in [5, 5.41) is 11.9. The van der Waals surface area contributed by atoms with E-state index in [2.05, 4.69) is 11.1 Å². The van der Waals surface area contributed by atoms with Crippen molar-refractivity contribution < 1.29 is 54.9 Å². The SMILES string of the molecule is CCC[C@H]1N(C(=O)c2cnccc2C(F)(F)F)CCC[C@]1(Oc1csc(C(F)(F)F)c1)C(=O)N1CCC(C#N)(c2ccccc2OC(C)CCC2(C(=O)OCC)CCC2)CC1. The number of pyridine rings is 1. The Bertz CT molecular complexity index is 2090. The molecule has 2 aliphatic heterocycles. The molecule has 0 spiro atoms. The Labute approximate surface area is 355 Å². The summed E-state index contributed by atoms with van der Waals surface area (Å²) in [5.74, 6) is -1.62. The molecule has 1 aromatic carbocycles. The normalized spacial score (nSPS) is 21.7. The molecule has 0 N–H and O–H groups in total. The molecule has 2 amide bonds. The Morgan fingerprint density at radius 2 is 1.70 bits per heavy atom. The summed E-state index contributed by atoms with van der Waals surface area (Å²) in [7, 11) is 0. The first kappa shape index (κ1) is 45.7. The van der Waals surface area contributed by atoms with Crippen molar-refractivity contribution in [3.05, 3.63) is 75.7 Å². The predicted octanol–water partition coefficient (Wildman–Crippen LogP) is 9.77. The molecule has 3 aromatic rings. The van der Waals surface area contributed by atoms with Crippen molar-refractivity contribution >= 4 is 29.1 Å². The Kier molecular flexibility index (Phi) is 13.7. The lowest BCUT2D eigenvalue weighted by Gasteiger charge is -2.51. The van der Waals surface area contributed by atoms with Crippen molar-refractivity contribution in [3.8, 4) is 17.6 Å². The van der Waals surface area contributed by atoms with Gasteiger partial charge in [0.25, 0.3) is 11.8 Å². The first-order valence-electron chi connectivity index (χ1n) is 20.7. The number of para-hydroxylation sites is 1. The number of piperidine rings is 2. The fourth-order valence-electron chi connectivity index (χ4n) is 9.07. The van der Waals surface area contributed by atoms with Gasteiger partial charge in [-0.05, 0) is 77.3 Å². The van der Waals surface area contributed by atoms with Crippen molar-refractivity contribution in [1.82, 2.24) is 14.8 Å². The van der Waals surface area contributed by atoms with Crippen LogP contribution in [0.3, 0.4) is 0 Å². The number of alkyl halides is 6. The summed E-state index contributed by atoms with van der Waals surface area (Å²) in [6.45, 7) is 5.76. The average molecular weight is 877 g/mol. The van der Waals surface area contributed by atoms with Gasteiger partial charge in [0.05, 0.1) is 46.8 Å². The zero-order valence-electron chi connectivity index (χ0n) is 34.4. The number of hydrogen-bond donors (Lipinski definition) is 0. The van der Waals surface area contributed by atoms with Crippen LogP contribution in [0.5, 0.6) is 11.5 Å². The van der Waals surface area contributed by atoms with Gasteiger partial charge >= 0.3 is 18.3 Å². The zero-order valence-corrected chi connectivity index (χ0v) is 35.2. The lowest BCUT2D eigenvalue weighted by molar-refractivity contribution is -0.162. The zero-order chi connectivity index (χ0) is 44.2. The second kappa shape index (κ2) is 18.2. The number of ether oxygens (including phenoxy) is 3. The van der Waals surface area contributed by atoms with E-state index in [0.717, 1.165) is 43.1 Å². The van der Waals surface area contributed by atoms with Gasteiger partial charge < -0.3 is 24.0 Å². The second-order valence-corrected chi connectivity index (χ2v) is 17.2. The molecule has 17 heteroatoms. The number of nitriles is 1. The predicted molar refractivity (Wildman–Crippen MR) is 213 cm³/mol. The number of benzene rings is 1. The van der Waals surface area contributed by atoms with E-state index in [9.17, 15) is 41.2 Å². The minimum Gasteiger partial charge on any atom is -0.490 e. The van der Waals surface area contributed by atoms with Crippen LogP contribution in [0.15, 0.2) is 54.2 Å². The average Bonchev–Trinajstić information content (AvgIpc) is 3.70. The Morgan fingerprint density at radius 1 is 0.984 bits per heavy atom. The van der Waals surface area contributed by atoms with Gasteiger partial charge in [0.1, 0.15) is 16.4 Å². The number of rotatable bonds is 14. The summed E-state index contributed by atoms with van der Waals surface area (Å²) >= 11 is 0.374.